The van der Waals surface area contributed by atoms with Crippen molar-refractivity contribution in [2.75, 3.05) is 13.2 Å². The van der Waals surface area contributed by atoms with E-state index in [4.69, 9.17) is 4.74 Å². The lowest BCUT2D eigenvalue weighted by atomic mass is 9.83. The van der Waals surface area contributed by atoms with Crippen LogP contribution in [-0.2, 0) is 20.7 Å². The molecule has 3 atom stereocenters. The topological polar surface area (TPSA) is 58.6 Å². The van der Waals surface area contributed by atoms with Gasteiger partial charge in [0.1, 0.15) is 11.8 Å². The highest BCUT2D eigenvalue weighted by Gasteiger charge is 2.53. The van der Waals surface area contributed by atoms with Crippen molar-refractivity contribution in [1.82, 2.24) is 10.2 Å². The highest BCUT2D eigenvalue weighted by Crippen LogP contribution is 2.43. The number of rotatable bonds is 5. The SMILES string of the molecule is CC(C)CNC(=O)[C@@H]1CO[C@]2(CCC[C@H](C)C2)N1C(=O)Cc1ccccc1. The highest BCUT2D eigenvalue weighted by atomic mass is 16.5. The van der Waals surface area contributed by atoms with Crippen molar-refractivity contribution in [2.24, 2.45) is 11.8 Å². The van der Waals surface area contributed by atoms with E-state index in [1.807, 2.05) is 30.3 Å². The fraction of sp³-hybridized carbons (Fsp3) is 0.636. The predicted molar refractivity (Wildman–Crippen MR) is 105 cm³/mol. The van der Waals surface area contributed by atoms with E-state index in [2.05, 4.69) is 26.1 Å². The summed E-state index contributed by atoms with van der Waals surface area (Å²) in [5, 5.41) is 2.99. The van der Waals surface area contributed by atoms with Gasteiger partial charge in [-0.05, 0) is 36.7 Å². The molecule has 1 N–H and O–H groups in total. The number of ether oxygens (including phenoxy) is 1. The molecule has 0 unspecified atom stereocenters. The molecule has 2 aliphatic rings. The minimum absolute atomic E-state index is 0.0162. The van der Waals surface area contributed by atoms with Gasteiger partial charge in [0.15, 0.2) is 0 Å². The van der Waals surface area contributed by atoms with Crippen molar-refractivity contribution in [3.05, 3.63) is 35.9 Å². The lowest BCUT2D eigenvalue weighted by molar-refractivity contribution is -0.162. The Morgan fingerprint density at radius 2 is 2.04 bits per heavy atom. The van der Waals surface area contributed by atoms with Crippen LogP contribution < -0.4 is 5.32 Å². The zero-order valence-electron chi connectivity index (χ0n) is 16.7. The van der Waals surface area contributed by atoms with Gasteiger partial charge in [0, 0.05) is 6.54 Å². The number of carbonyl (C=O) groups is 2. The van der Waals surface area contributed by atoms with E-state index >= 15 is 0 Å². The van der Waals surface area contributed by atoms with E-state index < -0.39 is 11.8 Å². The fourth-order valence-corrected chi connectivity index (χ4v) is 4.36. The minimum atomic E-state index is -0.622. The largest absolute Gasteiger partial charge is 0.354 e. The van der Waals surface area contributed by atoms with Gasteiger partial charge < -0.3 is 10.1 Å². The molecular weight excluding hydrogens is 340 g/mol. The molecule has 2 fully saturated rings. The minimum Gasteiger partial charge on any atom is -0.354 e. The van der Waals surface area contributed by atoms with Crippen LogP contribution in [0.2, 0.25) is 0 Å². The predicted octanol–water partition coefficient (Wildman–Crippen LogP) is 3.14. The molecule has 1 aromatic rings. The smallest absolute Gasteiger partial charge is 0.245 e. The first-order valence-electron chi connectivity index (χ1n) is 10.2. The summed E-state index contributed by atoms with van der Waals surface area (Å²) in [5.74, 6) is 0.745. The third kappa shape index (κ3) is 4.52. The van der Waals surface area contributed by atoms with Gasteiger partial charge in [-0.15, -0.1) is 0 Å². The molecule has 0 aromatic heterocycles. The van der Waals surface area contributed by atoms with Crippen LogP contribution in [0, 0.1) is 11.8 Å². The summed E-state index contributed by atoms with van der Waals surface area (Å²) >= 11 is 0. The highest BCUT2D eigenvalue weighted by molar-refractivity contribution is 5.89. The first kappa shape index (κ1) is 19.9. The van der Waals surface area contributed by atoms with Crippen LogP contribution in [0.25, 0.3) is 0 Å². The van der Waals surface area contributed by atoms with Gasteiger partial charge >= 0.3 is 0 Å². The summed E-state index contributed by atoms with van der Waals surface area (Å²) in [4.78, 5) is 27.9. The summed E-state index contributed by atoms with van der Waals surface area (Å²) in [5.41, 5.74) is 0.346. The lowest BCUT2D eigenvalue weighted by Gasteiger charge is -2.43. The van der Waals surface area contributed by atoms with Crippen LogP contribution >= 0.6 is 0 Å². The Kier molecular flexibility index (Phi) is 6.20. The molecule has 0 bridgehead atoms. The molecule has 148 valence electrons. The Hall–Kier alpha value is -1.88. The molecule has 5 heteroatoms. The van der Waals surface area contributed by atoms with Crippen molar-refractivity contribution in [2.45, 2.75) is 64.6 Å². The molecule has 27 heavy (non-hydrogen) atoms. The van der Waals surface area contributed by atoms with Crippen molar-refractivity contribution in [3.63, 3.8) is 0 Å². The van der Waals surface area contributed by atoms with Crippen LogP contribution in [-0.4, -0.2) is 41.6 Å². The van der Waals surface area contributed by atoms with Crippen LogP contribution in [0.4, 0.5) is 0 Å². The van der Waals surface area contributed by atoms with Crippen LogP contribution in [0.5, 0.6) is 0 Å². The maximum Gasteiger partial charge on any atom is 0.245 e. The number of nitrogens with one attached hydrogen (secondary N) is 1. The number of hydrogen-bond acceptors (Lipinski definition) is 3. The Balaban J connectivity index is 1.82. The summed E-state index contributed by atoms with van der Waals surface area (Å²) in [7, 11) is 0. The maximum atomic E-state index is 13.3. The molecule has 1 aromatic carbocycles. The molecule has 1 saturated carbocycles. The average Bonchev–Trinajstić information content (AvgIpc) is 2.98. The van der Waals surface area contributed by atoms with Gasteiger partial charge in [0.2, 0.25) is 11.8 Å². The molecule has 1 aliphatic carbocycles. The van der Waals surface area contributed by atoms with Crippen molar-refractivity contribution < 1.29 is 14.3 Å². The molecule has 5 nitrogen and oxygen atoms in total. The second-order valence-electron chi connectivity index (χ2n) is 8.54. The van der Waals surface area contributed by atoms with Crippen LogP contribution in [0.15, 0.2) is 30.3 Å². The molecule has 1 spiro atoms. The molecule has 3 rings (SSSR count). The molecular formula is C22H32N2O3. The van der Waals surface area contributed by atoms with Gasteiger partial charge in [-0.3, -0.25) is 14.5 Å². The standard InChI is InChI=1S/C22H32N2O3/c1-16(2)14-23-21(26)19-15-27-22(11-7-8-17(3)13-22)24(19)20(25)12-18-9-5-4-6-10-18/h4-6,9-10,16-17,19H,7-8,11-15H2,1-3H3,(H,23,26)/t17-,19-,22-/m0/s1. The van der Waals surface area contributed by atoms with Gasteiger partial charge in [0.25, 0.3) is 0 Å². The Labute approximate surface area is 162 Å². The molecule has 2 amide bonds. The second kappa shape index (κ2) is 8.42. The molecule has 1 heterocycles. The van der Waals surface area contributed by atoms with E-state index in [9.17, 15) is 9.59 Å². The normalized spacial score (nSPS) is 27.9. The van der Waals surface area contributed by atoms with Gasteiger partial charge in [0.05, 0.1) is 13.0 Å². The van der Waals surface area contributed by atoms with Crippen molar-refractivity contribution in [1.29, 1.82) is 0 Å². The maximum absolute atomic E-state index is 13.3. The van der Waals surface area contributed by atoms with Gasteiger partial charge in [-0.2, -0.15) is 0 Å². The number of hydrogen-bond donors (Lipinski definition) is 1. The van der Waals surface area contributed by atoms with E-state index in [-0.39, 0.29) is 18.4 Å². The zero-order valence-corrected chi connectivity index (χ0v) is 16.7. The molecule has 1 aliphatic heterocycles. The van der Waals surface area contributed by atoms with Crippen LogP contribution in [0.1, 0.15) is 52.0 Å². The van der Waals surface area contributed by atoms with Crippen LogP contribution in [0.3, 0.4) is 0 Å². The Morgan fingerprint density at radius 1 is 1.30 bits per heavy atom. The van der Waals surface area contributed by atoms with E-state index in [0.717, 1.165) is 31.2 Å². The molecule has 1 saturated heterocycles. The van der Waals surface area contributed by atoms with Gasteiger partial charge in [-0.25, -0.2) is 0 Å². The third-order valence-electron chi connectivity index (χ3n) is 5.65. The monoisotopic (exact) mass is 372 g/mol. The Morgan fingerprint density at radius 3 is 2.70 bits per heavy atom. The van der Waals surface area contributed by atoms with E-state index in [0.29, 0.717) is 24.8 Å². The van der Waals surface area contributed by atoms with Crippen molar-refractivity contribution >= 4 is 11.8 Å². The number of carbonyl (C=O) groups excluding carboxylic acids is 2. The first-order chi connectivity index (χ1) is 12.9. The van der Waals surface area contributed by atoms with E-state index in [1.165, 1.54) is 0 Å². The summed E-state index contributed by atoms with van der Waals surface area (Å²) in [6.45, 7) is 7.23. The van der Waals surface area contributed by atoms with Crippen molar-refractivity contribution in [3.8, 4) is 0 Å². The second-order valence-corrected chi connectivity index (χ2v) is 8.54. The summed E-state index contributed by atoms with van der Waals surface area (Å²) in [6, 6.07) is 9.20. The summed E-state index contributed by atoms with van der Waals surface area (Å²) in [6.07, 6.45) is 4.09. The first-order valence-corrected chi connectivity index (χ1v) is 10.2. The van der Waals surface area contributed by atoms with E-state index in [1.54, 1.807) is 4.90 Å². The number of amides is 2. The number of benzene rings is 1. The van der Waals surface area contributed by atoms with Gasteiger partial charge in [-0.1, -0.05) is 57.5 Å². The summed E-state index contributed by atoms with van der Waals surface area (Å²) < 4.78 is 6.21. The molecule has 0 radical (unpaired) electrons. The zero-order chi connectivity index (χ0) is 19.4. The average molecular weight is 373 g/mol. The lowest BCUT2D eigenvalue weighted by Crippen LogP contribution is -2.57. The Bertz CT molecular complexity index is 661. The quantitative estimate of drug-likeness (QED) is 0.864. The third-order valence-corrected chi connectivity index (χ3v) is 5.65. The fourth-order valence-electron chi connectivity index (χ4n) is 4.36. The number of nitrogens with zero attached hydrogens (tertiary/aromatic N) is 1.